The Morgan fingerprint density at radius 2 is 2.00 bits per heavy atom. The van der Waals surface area contributed by atoms with Crippen molar-refractivity contribution >= 4 is 11.5 Å². The second-order valence-electron chi connectivity index (χ2n) is 3.82. The fourth-order valence-corrected chi connectivity index (χ4v) is 1.59. The number of hydrogen-bond donors (Lipinski definition) is 1. The topological polar surface area (TPSA) is 56.0 Å². The number of carbonyl (C=O) groups excluding carboxylic acids is 1. The van der Waals surface area contributed by atoms with E-state index in [2.05, 4.69) is 4.98 Å². The Hall–Kier alpha value is -2.30. The molecule has 5 heteroatoms. The zero-order valence-corrected chi connectivity index (χ0v) is 9.58. The Morgan fingerprint density at radius 3 is 2.67 bits per heavy atom. The SMILES string of the molecule is Cc1ccc(F)c(C(=O)c2ncccc2N)c1F. The molecule has 0 atom stereocenters. The summed E-state index contributed by atoms with van der Waals surface area (Å²) in [5.74, 6) is -2.66. The first-order valence-electron chi connectivity index (χ1n) is 5.22. The maximum Gasteiger partial charge on any atom is 0.219 e. The zero-order chi connectivity index (χ0) is 13.3. The first-order chi connectivity index (χ1) is 8.52. The number of halogens is 2. The summed E-state index contributed by atoms with van der Waals surface area (Å²) in [6.07, 6.45) is 1.34. The van der Waals surface area contributed by atoms with E-state index in [1.165, 1.54) is 31.3 Å². The van der Waals surface area contributed by atoms with Crippen LogP contribution in [-0.4, -0.2) is 10.8 Å². The van der Waals surface area contributed by atoms with Gasteiger partial charge in [-0.05, 0) is 30.7 Å². The average molecular weight is 248 g/mol. The predicted octanol–water partition coefficient (Wildman–Crippen LogP) is 2.48. The van der Waals surface area contributed by atoms with E-state index in [1.54, 1.807) is 0 Å². The summed E-state index contributed by atoms with van der Waals surface area (Å²) in [7, 11) is 0. The van der Waals surface area contributed by atoms with Gasteiger partial charge in [0.1, 0.15) is 17.3 Å². The average Bonchev–Trinajstić information content (AvgIpc) is 2.35. The van der Waals surface area contributed by atoms with Crippen molar-refractivity contribution in [3.8, 4) is 0 Å². The van der Waals surface area contributed by atoms with Gasteiger partial charge in [0.25, 0.3) is 0 Å². The number of nitrogens with zero attached hydrogens (tertiary/aromatic N) is 1. The summed E-state index contributed by atoms with van der Waals surface area (Å²) in [5, 5.41) is 0. The minimum atomic E-state index is -0.923. The summed E-state index contributed by atoms with van der Waals surface area (Å²) in [4.78, 5) is 15.8. The lowest BCUT2D eigenvalue weighted by Gasteiger charge is -2.07. The number of carbonyl (C=O) groups is 1. The number of rotatable bonds is 2. The van der Waals surface area contributed by atoms with E-state index in [4.69, 9.17) is 5.73 Å². The molecule has 1 aromatic heterocycles. The minimum Gasteiger partial charge on any atom is -0.397 e. The zero-order valence-electron chi connectivity index (χ0n) is 9.58. The van der Waals surface area contributed by atoms with Crippen LogP contribution in [0, 0.1) is 18.6 Å². The monoisotopic (exact) mass is 248 g/mol. The Balaban J connectivity index is 2.61. The molecular weight excluding hydrogens is 238 g/mol. The van der Waals surface area contributed by atoms with E-state index in [-0.39, 0.29) is 16.9 Å². The summed E-state index contributed by atoms with van der Waals surface area (Å²) < 4.78 is 27.4. The number of aryl methyl sites for hydroxylation is 1. The highest BCUT2D eigenvalue weighted by Gasteiger charge is 2.22. The lowest BCUT2D eigenvalue weighted by atomic mass is 10.0. The van der Waals surface area contributed by atoms with E-state index in [1.807, 2.05) is 0 Å². The number of aromatic nitrogens is 1. The molecular formula is C13H10F2N2O. The van der Waals surface area contributed by atoms with Crippen molar-refractivity contribution < 1.29 is 13.6 Å². The van der Waals surface area contributed by atoms with Gasteiger partial charge in [-0.25, -0.2) is 8.78 Å². The van der Waals surface area contributed by atoms with Crippen LogP contribution in [0.1, 0.15) is 21.6 Å². The number of anilines is 1. The molecule has 92 valence electrons. The van der Waals surface area contributed by atoms with Crippen LogP contribution in [0.4, 0.5) is 14.5 Å². The van der Waals surface area contributed by atoms with Gasteiger partial charge >= 0.3 is 0 Å². The van der Waals surface area contributed by atoms with Crippen LogP contribution >= 0.6 is 0 Å². The van der Waals surface area contributed by atoms with E-state index < -0.39 is 23.0 Å². The van der Waals surface area contributed by atoms with Crippen molar-refractivity contribution in [2.75, 3.05) is 5.73 Å². The number of pyridine rings is 1. The Bertz CT molecular complexity index is 626. The standard InChI is InChI=1S/C13H10F2N2O/c1-7-4-5-8(14)10(11(7)15)13(18)12-9(16)3-2-6-17-12/h2-6H,16H2,1H3. The largest absolute Gasteiger partial charge is 0.397 e. The van der Waals surface area contributed by atoms with Crippen LogP contribution in [0.2, 0.25) is 0 Å². The highest BCUT2D eigenvalue weighted by atomic mass is 19.1. The molecule has 0 radical (unpaired) electrons. The normalized spacial score (nSPS) is 10.4. The highest BCUT2D eigenvalue weighted by Crippen LogP contribution is 2.21. The predicted molar refractivity (Wildman–Crippen MR) is 63.2 cm³/mol. The smallest absolute Gasteiger partial charge is 0.219 e. The van der Waals surface area contributed by atoms with Crippen LogP contribution in [0.25, 0.3) is 0 Å². The molecule has 1 heterocycles. The van der Waals surface area contributed by atoms with E-state index >= 15 is 0 Å². The van der Waals surface area contributed by atoms with Crippen molar-refractivity contribution in [2.24, 2.45) is 0 Å². The molecule has 0 bridgehead atoms. The van der Waals surface area contributed by atoms with Crippen LogP contribution in [-0.2, 0) is 0 Å². The molecule has 0 saturated carbocycles. The third-order valence-corrected chi connectivity index (χ3v) is 2.57. The van der Waals surface area contributed by atoms with Crippen LogP contribution in [0.5, 0.6) is 0 Å². The highest BCUT2D eigenvalue weighted by molar-refractivity contribution is 6.11. The number of ketones is 1. The molecule has 2 rings (SSSR count). The maximum absolute atomic E-state index is 13.8. The molecule has 0 aliphatic heterocycles. The quantitative estimate of drug-likeness (QED) is 0.830. The van der Waals surface area contributed by atoms with Gasteiger partial charge < -0.3 is 5.73 Å². The molecule has 1 aromatic carbocycles. The van der Waals surface area contributed by atoms with Crippen molar-refractivity contribution in [1.29, 1.82) is 0 Å². The van der Waals surface area contributed by atoms with Gasteiger partial charge in [-0.15, -0.1) is 0 Å². The molecule has 0 saturated heterocycles. The Kier molecular flexibility index (Phi) is 3.06. The van der Waals surface area contributed by atoms with Gasteiger partial charge in [0, 0.05) is 6.20 Å². The molecule has 2 N–H and O–H groups in total. The number of nitrogens with two attached hydrogens (primary N) is 1. The van der Waals surface area contributed by atoms with Crippen LogP contribution in [0.3, 0.4) is 0 Å². The van der Waals surface area contributed by atoms with Gasteiger partial charge in [0.05, 0.1) is 11.3 Å². The minimum absolute atomic E-state index is 0.0859. The van der Waals surface area contributed by atoms with Crippen molar-refractivity contribution in [3.63, 3.8) is 0 Å². The number of nitrogen functional groups attached to an aromatic ring is 1. The van der Waals surface area contributed by atoms with Crippen LogP contribution in [0.15, 0.2) is 30.5 Å². The molecule has 2 aromatic rings. The molecule has 0 unspecified atom stereocenters. The van der Waals surface area contributed by atoms with E-state index in [9.17, 15) is 13.6 Å². The second kappa shape index (κ2) is 4.52. The molecule has 3 nitrogen and oxygen atoms in total. The summed E-state index contributed by atoms with van der Waals surface area (Å²) in [6.45, 7) is 1.45. The van der Waals surface area contributed by atoms with Crippen molar-refractivity contribution in [3.05, 3.63) is 58.9 Å². The molecule has 0 spiro atoms. The van der Waals surface area contributed by atoms with Gasteiger partial charge in [-0.1, -0.05) is 6.07 Å². The fraction of sp³-hybridized carbons (Fsp3) is 0.0769. The van der Waals surface area contributed by atoms with Crippen molar-refractivity contribution in [2.45, 2.75) is 6.92 Å². The molecule has 0 aliphatic rings. The van der Waals surface area contributed by atoms with Gasteiger partial charge in [0.15, 0.2) is 0 Å². The lowest BCUT2D eigenvalue weighted by molar-refractivity contribution is 0.102. The Morgan fingerprint density at radius 1 is 1.28 bits per heavy atom. The summed E-state index contributed by atoms with van der Waals surface area (Å²) >= 11 is 0. The maximum atomic E-state index is 13.8. The molecule has 18 heavy (non-hydrogen) atoms. The Labute approximate surface area is 102 Å². The fourth-order valence-electron chi connectivity index (χ4n) is 1.59. The first kappa shape index (κ1) is 12.2. The first-order valence-corrected chi connectivity index (χ1v) is 5.22. The molecule has 0 fully saturated rings. The third kappa shape index (κ3) is 1.95. The van der Waals surface area contributed by atoms with E-state index in [0.717, 1.165) is 6.07 Å². The second-order valence-corrected chi connectivity index (χ2v) is 3.82. The molecule has 0 aliphatic carbocycles. The number of benzene rings is 1. The molecule has 0 amide bonds. The number of hydrogen-bond acceptors (Lipinski definition) is 3. The summed E-state index contributed by atoms with van der Waals surface area (Å²) in [5.41, 5.74) is 5.07. The summed E-state index contributed by atoms with van der Waals surface area (Å²) in [6, 6.07) is 5.30. The van der Waals surface area contributed by atoms with E-state index in [0.29, 0.717) is 0 Å². The van der Waals surface area contributed by atoms with Gasteiger partial charge in [-0.2, -0.15) is 0 Å². The van der Waals surface area contributed by atoms with Crippen LogP contribution < -0.4 is 5.73 Å². The van der Waals surface area contributed by atoms with Gasteiger partial charge in [0.2, 0.25) is 5.78 Å². The van der Waals surface area contributed by atoms with Gasteiger partial charge in [-0.3, -0.25) is 9.78 Å². The lowest BCUT2D eigenvalue weighted by Crippen LogP contribution is -2.12. The third-order valence-electron chi connectivity index (χ3n) is 2.57. The van der Waals surface area contributed by atoms with Crippen molar-refractivity contribution in [1.82, 2.24) is 4.98 Å².